The summed E-state index contributed by atoms with van der Waals surface area (Å²) in [6, 6.07) is 12.1. The first kappa shape index (κ1) is 15.5. The molecule has 0 spiro atoms. The van der Waals surface area contributed by atoms with Crippen molar-refractivity contribution >= 4 is 17.6 Å². The Hall–Kier alpha value is -1.91. The van der Waals surface area contributed by atoms with Gasteiger partial charge < -0.3 is 9.84 Å². The molecule has 1 aromatic carbocycles. The second-order valence-electron chi connectivity index (χ2n) is 4.51. The Morgan fingerprint density at radius 3 is 2.81 bits per heavy atom. The van der Waals surface area contributed by atoms with Crippen LogP contribution in [0.2, 0.25) is 5.02 Å². The first-order valence-corrected chi connectivity index (χ1v) is 7.04. The number of rotatable bonds is 5. The van der Waals surface area contributed by atoms with Crippen LogP contribution in [-0.2, 0) is 11.2 Å². The standard InChI is InChI=1S/C16H16ClNO3/c1-2-21-16(20)14-8-4-7-13(18-14)10-15(19)11-5-3-6-12(17)9-11/h3-9,15,19H,2,10H2,1H3. The van der Waals surface area contributed by atoms with Crippen molar-refractivity contribution in [2.45, 2.75) is 19.4 Å². The predicted octanol–water partition coefficient (Wildman–Crippen LogP) is 3.19. The van der Waals surface area contributed by atoms with Gasteiger partial charge in [0.05, 0.1) is 12.7 Å². The summed E-state index contributed by atoms with van der Waals surface area (Å²) >= 11 is 5.91. The fourth-order valence-corrected chi connectivity index (χ4v) is 2.14. The van der Waals surface area contributed by atoms with Gasteiger partial charge in [-0.2, -0.15) is 0 Å². The third-order valence-electron chi connectivity index (χ3n) is 2.93. The highest BCUT2D eigenvalue weighted by Crippen LogP contribution is 2.20. The Bertz CT molecular complexity index is 630. The highest BCUT2D eigenvalue weighted by molar-refractivity contribution is 6.30. The van der Waals surface area contributed by atoms with Gasteiger partial charge in [-0.3, -0.25) is 0 Å². The van der Waals surface area contributed by atoms with E-state index in [-0.39, 0.29) is 5.69 Å². The summed E-state index contributed by atoms with van der Waals surface area (Å²) in [6.45, 7) is 2.04. The minimum Gasteiger partial charge on any atom is -0.461 e. The molecule has 1 atom stereocenters. The van der Waals surface area contributed by atoms with Crippen molar-refractivity contribution in [3.05, 3.63) is 64.4 Å². The van der Waals surface area contributed by atoms with Crippen LogP contribution in [0.25, 0.3) is 0 Å². The average molecular weight is 306 g/mol. The van der Waals surface area contributed by atoms with E-state index in [1.165, 1.54) is 0 Å². The van der Waals surface area contributed by atoms with E-state index in [1.54, 1.807) is 49.4 Å². The molecule has 5 heteroatoms. The number of aromatic nitrogens is 1. The summed E-state index contributed by atoms with van der Waals surface area (Å²) in [7, 11) is 0. The molecule has 0 aliphatic heterocycles. The van der Waals surface area contributed by atoms with Crippen molar-refractivity contribution in [2.24, 2.45) is 0 Å². The number of esters is 1. The molecule has 2 rings (SSSR count). The van der Waals surface area contributed by atoms with E-state index in [0.717, 1.165) is 0 Å². The van der Waals surface area contributed by atoms with Gasteiger partial charge in [-0.1, -0.05) is 29.8 Å². The topological polar surface area (TPSA) is 59.4 Å². The zero-order chi connectivity index (χ0) is 15.2. The van der Waals surface area contributed by atoms with Crippen LogP contribution in [0.4, 0.5) is 0 Å². The largest absolute Gasteiger partial charge is 0.461 e. The normalized spacial score (nSPS) is 12.0. The molecule has 4 nitrogen and oxygen atoms in total. The maximum atomic E-state index is 11.6. The van der Waals surface area contributed by atoms with Gasteiger partial charge in [0, 0.05) is 17.1 Å². The van der Waals surface area contributed by atoms with Gasteiger partial charge in [0.1, 0.15) is 5.69 Å². The molecule has 21 heavy (non-hydrogen) atoms. The molecule has 0 saturated carbocycles. The van der Waals surface area contributed by atoms with Crippen molar-refractivity contribution in [1.29, 1.82) is 0 Å². The third kappa shape index (κ3) is 4.28. The van der Waals surface area contributed by atoms with Crippen molar-refractivity contribution in [2.75, 3.05) is 6.61 Å². The van der Waals surface area contributed by atoms with Gasteiger partial charge >= 0.3 is 5.97 Å². The average Bonchev–Trinajstić information content (AvgIpc) is 2.48. The fourth-order valence-electron chi connectivity index (χ4n) is 1.94. The molecule has 0 radical (unpaired) electrons. The highest BCUT2D eigenvalue weighted by Gasteiger charge is 2.13. The van der Waals surface area contributed by atoms with Gasteiger partial charge in [0.2, 0.25) is 0 Å². The lowest BCUT2D eigenvalue weighted by atomic mass is 10.0. The highest BCUT2D eigenvalue weighted by atomic mass is 35.5. The lowest BCUT2D eigenvalue weighted by molar-refractivity contribution is 0.0518. The lowest BCUT2D eigenvalue weighted by Crippen LogP contribution is -2.10. The number of hydrogen-bond acceptors (Lipinski definition) is 4. The molecule has 2 aromatic rings. The zero-order valence-electron chi connectivity index (χ0n) is 11.6. The second-order valence-corrected chi connectivity index (χ2v) is 4.95. The van der Waals surface area contributed by atoms with Crippen molar-refractivity contribution in [3.63, 3.8) is 0 Å². The number of ether oxygens (including phenoxy) is 1. The summed E-state index contributed by atoms with van der Waals surface area (Å²) in [4.78, 5) is 15.8. The van der Waals surface area contributed by atoms with Crippen molar-refractivity contribution < 1.29 is 14.6 Å². The lowest BCUT2D eigenvalue weighted by Gasteiger charge is -2.11. The quantitative estimate of drug-likeness (QED) is 0.862. The summed E-state index contributed by atoms with van der Waals surface area (Å²) in [5, 5.41) is 10.8. The van der Waals surface area contributed by atoms with E-state index in [4.69, 9.17) is 16.3 Å². The first-order chi connectivity index (χ1) is 10.1. The van der Waals surface area contributed by atoms with Gasteiger partial charge in [-0.05, 0) is 36.8 Å². The first-order valence-electron chi connectivity index (χ1n) is 6.66. The Morgan fingerprint density at radius 2 is 2.10 bits per heavy atom. The van der Waals surface area contributed by atoms with Crippen LogP contribution in [-0.4, -0.2) is 22.7 Å². The van der Waals surface area contributed by atoms with Gasteiger partial charge in [0.15, 0.2) is 0 Å². The molecule has 0 fully saturated rings. The number of hydrogen-bond donors (Lipinski definition) is 1. The van der Waals surface area contributed by atoms with Gasteiger partial charge in [0.25, 0.3) is 0 Å². The Kier molecular flexibility index (Phi) is 5.31. The predicted molar refractivity (Wildman–Crippen MR) is 80.3 cm³/mol. The van der Waals surface area contributed by atoms with E-state index < -0.39 is 12.1 Å². The molecule has 0 aliphatic carbocycles. The SMILES string of the molecule is CCOC(=O)c1cccc(CC(O)c2cccc(Cl)c2)n1. The smallest absolute Gasteiger partial charge is 0.356 e. The molecule has 0 aliphatic rings. The summed E-state index contributed by atoms with van der Waals surface area (Å²) in [5.74, 6) is -0.461. The van der Waals surface area contributed by atoms with Gasteiger partial charge in [-0.25, -0.2) is 9.78 Å². The maximum absolute atomic E-state index is 11.6. The molecule has 1 heterocycles. The van der Waals surface area contributed by atoms with Crippen LogP contribution in [0, 0.1) is 0 Å². The minimum atomic E-state index is -0.728. The second kappa shape index (κ2) is 7.20. The summed E-state index contributed by atoms with van der Waals surface area (Å²) < 4.78 is 4.91. The molecule has 0 bridgehead atoms. The van der Waals surface area contributed by atoms with Crippen molar-refractivity contribution in [3.8, 4) is 0 Å². The van der Waals surface area contributed by atoms with Crippen LogP contribution in [0.5, 0.6) is 0 Å². The number of halogens is 1. The third-order valence-corrected chi connectivity index (χ3v) is 3.16. The fraction of sp³-hybridized carbons (Fsp3) is 0.250. The van der Waals surface area contributed by atoms with E-state index >= 15 is 0 Å². The molecular weight excluding hydrogens is 290 g/mol. The number of nitrogens with zero attached hydrogens (tertiary/aromatic N) is 1. The van der Waals surface area contributed by atoms with Crippen LogP contribution >= 0.6 is 11.6 Å². The molecule has 1 N–H and O–H groups in total. The Labute approximate surface area is 128 Å². The number of carbonyl (C=O) groups is 1. The summed E-state index contributed by atoms with van der Waals surface area (Å²) in [6.07, 6.45) is -0.429. The van der Waals surface area contributed by atoms with E-state index in [9.17, 15) is 9.90 Å². The van der Waals surface area contributed by atoms with Crippen LogP contribution < -0.4 is 0 Å². The number of aliphatic hydroxyl groups is 1. The number of benzene rings is 1. The molecule has 0 saturated heterocycles. The van der Waals surface area contributed by atoms with E-state index in [2.05, 4.69) is 4.98 Å². The number of carbonyl (C=O) groups excluding carboxylic acids is 1. The van der Waals surface area contributed by atoms with Crippen LogP contribution in [0.1, 0.15) is 34.8 Å². The van der Waals surface area contributed by atoms with E-state index in [0.29, 0.717) is 29.3 Å². The molecule has 1 aromatic heterocycles. The van der Waals surface area contributed by atoms with Crippen LogP contribution in [0.3, 0.4) is 0 Å². The van der Waals surface area contributed by atoms with E-state index in [1.807, 2.05) is 0 Å². The number of pyridine rings is 1. The maximum Gasteiger partial charge on any atom is 0.356 e. The molecular formula is C16H16ClNO3. The van der Waals surface area contributed by atoms with Gasteiger partial charge in [-0.15, -0.1) is 0 Å². The Morgan fingerprint density at radius 1 is 1.33 bits per heavy atom. The van der Waals surface area contributed by atoms with Crippen molar-refractivity contribution in [1.82, 2.24) is 4.98 Å². The zero-order valence-corrected chi connectivity index (χ0v) is 12.4. The monoisotopic (exact) mass is 305 g/mol. The molecule has 0 amide bonds. The Balaban J connectivity index is 2.12. The molecule has 1 unspecified atom stereocenters. The molecule has 110 valence electrons. The number of aliphatic hydroxyl groups excluding tert-OH is 1. The summed E-state index contributed by atoms with van der Waals surface area (Å²) in [5.41, 5.74) is 1.58. The van der Waals surface area contributed by atoms with Crippen LogP contribution in [0.15, 0.2) is 42.5 Å². The minimum absolute atomic E-state index is 0.243.